The quantitative estimate of drug-likeness (QED) is 0.233. The van der Waals surface area contributed by atoms with Crippen LogP contribution in [-0.4, -0.2) is 77.9 Å². The van der Waals surface area contributed by atoms with Crippen LogP contribution in [0.2, 0.25) is 0 Å². The van der Waals surface area contributed by atoms with E-state index in [9.17, 15) is 14.4 Å². The standard InChI is InChI=1S/C26H40N4O4/c1-2-3-4-5-6-7-8-12-26(33)34-22(21-30-24(31)13-14-25(30)32)20-28-16-18-29(19-17-28)23-11-9-10-15-27-23/h9-11,15,22H,2-8,12-14,16-21H2,1H3. The number of ether oxygens (including phenoxy) is 1. The lowest BCUT2D eigenvalue weighted by atomic mass is 10.1. The van der Waals surface area contributed by atoms with Crippen LogP contribution in [0, 0.1) is 0 Å². The topological polar surface area (TPSA) is 83.1 Å². The Hall–Kier alpha value is -2.48. The summed E-state index contributed by atoms with van der Waals surface area (Å²) in [5.41, 5.74) is 0. The number of esters is 1. The minimum atomic E-state index is -0.496. The van der Waals surface area contributed by atoms with Crippen LogP contribution in [-0.2, 0) is 19.1 Å². The Kier molecular flexibility index (Phi) is 10.8. The van der Waals surface area contributed by atoms with Crippen LogP contribution in [0.5, 0.6) is 0 Å². The summed E-state index contributed by atoms with van der Waals surface area (Å²) < 4.78 is 5.82. The number of likely N-dealkylation sites (tertiary alicyclic amines) is 1. The van der Waals surface area contributed by atoms with Crippen LogP contribution in [0.15, 0.2) is 24.4 Å². The molecule has 2 saturated heterocycles. The van der Waals surface area contributed by atoms with Crippen LogP contribution < -0.4 is 4.90 Å². The van der Waals surface area contributed by atoms with Gasteiger partial charge in [0.15, 0.2) is 0 Å². The van der Waals surface area contributed by atoms with Crippen molar-refractivity contribution in [1.29, 1.82) is 0 Å². The number of unbranched alkanes of at least 4 members (excludes halogenated alkanes) is 6. The molecule has 0 N–H and O–H groups in total. The second-order valence-electron chi connectivity index (χ2n) is 9.36. The van der Waals surface area contributed by atoms with Crippen molar-refractivity contribution in [2.45, 2.75) is 77.2 Å². The molecule has 0 radical (unpaired) electrons. The summed E-state index contributed by atoms with van der Waals surface area (Å²) in [6, 6.07) is 5.90. The largest absolute Gasteiger partial charge is 0.459 e. The maximum absolute atomic E-state index is 12.6. The average Bonchev–Trinajstić information content (AvgIpc) is 3.16. The summed E-state index contributed by atoms with van der Waals surface area (Å²) in [4.78, 5) is 47.1. The number of anilines is 1. The molecule has 2 aliphatic heterocycles. The molecule has 1 unspecified atom stereocenters. The Bertz CT molecular complexity index is 764. The van der Waals surface area contributed by atoms with Gasteiger partial charge in [0.05, 0.1) is 6.54 Å². The zero-order chi connectivity index (χ0) is 24.2. The zero-order valence-corrected chi connectivity index (χ0v) is 20.6. The minimum Gasteiger partial charge on any atom is -0.459 e. The molecule has 0 aromatic carbocycles. The molecular weight excluding hydrogens is 432 g/mol. The fourth-order valence-electron chi connectivity index (χ4n) is 4.62. The first-order valence-electron chi connectivity index (χ1n) is 13.0. The van der Waals surface area contributed by atoms with Crippen molar-refractivity contribution in [2.24, 2.45) is 0 Å². The van der Waals surface area contributed by atoms with Crippen molar-refractivity contribution in [3.05, 3.63) is 24.4 Å². The summed E-state index contributed by atoms with van der Waals surface area (Å²) in [7, 11) is 0. The zero-order valence-electron chi connectivity index (χ0n) is 20.6. The third kappa shape index (κ3) is 8.38. The molecule has 3 rings (SSSR count). The number of pyridine rings is 1. The summed E-state index contributed by atoms with van der Waals surface area (Å²) in [5.74, 6) is 0.397. The highest BCUT2D eigenvalue weighted by atomic mass is 16.5. The van der Waals surface area contributed by atoms with E-state index < -0.39 is 6.10 Å². The maximum Gasteiger partial charge on any atom is 0.306 e. The van der Waals surface area contributed by atoms with E-state index in [1.165, 1.54) is 30.6 Å². The minimum absolute atomic E-state index is 0.154. The van der Waals surface area contributed by atoms with E-state index in [1.54, 1.807) is 6.20 Å². The first-order valence-corrected chi connectivity index (χ1v) is 13.0. The second kappa shape index (κ2) is 14.0. The van der Waals surface area contributed by atoms with Gasteiger partial charge >= 0.3 is 5.97 Å². The van der Waals surface area contributed by atoms with E-state index in [1.807, 2.05) is 18.2 Å². The van der Waals surface area contributed by atoms with Gasteiger partial charge in [-0.25, -0.2) is 4.98 Å². The first-order chi connectivity index (χ1) is 16.6. The van der Waals surface area contributed by atoms with Crippen molar-refractivity contribution in [3.8, 4) is 0 Å². The van der Waals surface area contributed by atoms with E-state index in [0.717, 1.165) is 51.3 Å². The Morgan fingerprint density at radius 3 is 2.26 bits per heavy atom. The predicted octanol–water partition coefficient (Wildman–Crippen LogP) is 3.41. The molecule has 0 aliphatic carbocycles. The highest BCUT2D eigenvalue weighted by molar-refractivity contribution is 6.01. The van der Waals surface area contributed by atoms with Gasteiger partial charge in [-0.05, 0) is 18.6 Å². The highest BCUT2D eigenvalue weighted by Crippen LogP contribution is 2.17. The molecule has 2 amide bonds. The van der Waals surface area contributed by atoms with E-state index in [2.05, 4.69) is 21.7 Å². The maximum atomic E-state index is 12.6. The average molecular weight is 473 g/mol. The molecule has 0 spiro atoms. The van der Waals surface area contributed by atoms with Crippen LogP contribution >= 0.6 is 0 Å². The van der Waals surface area contributed by atoms with Gasteiger partial charge in [0.1, 0.15) is 11.9 Å². The number of amides is 2. The third-order valence-corrected chi connectivity index (χ3v) is 6.63. The van der Waals surface area contributed by atoms with Crippen LogP contribution in [0.4, 0.5) is 5.82 Å². The van der Waals surface area contributed by atoms with Gasteiger partial charge in [0.2, 0.25) is 11.8 Å². The fraction of sp³-hybridized carbons (Fsp3) is 0.692. The number of carbonyl (C=O) groups excluding carboxylic acids is 3. The van der Waals surface area contributed by atoms with Crippen molar-refractivity contribution in [2.75, 3.05) is 44.2 Å². The van der Waals surface area contributed by atoms with Gasteiger partial charge in [-0.1, -0.05) is 51.5 Å². The van der Waals surface area contributed by atoms with Crippen molar-refractivity contribution >= 4 is 23.6 Å². The summed E-state index contributed by atoms with van der Waals surface area (Å²) in [6.07, 6.45) is 10.2. The van der Waals surface area contributed by atoms with Crippen LogP contribution in [0.3, 0.4) is 0 Å². The normalized spacial score (nSPS) is 17.9. The molecule has 2 aliphatic rings. The predicted molar refractivity (Wildman–Crippen MR) is 131 cm³/mol. The Morgan fingerprint density at radius 2 is 1.62 bits per heavy atom. The Balaban J connectivity index is 1.47. The van der Waals surface area contributed by atoms with Gasteiger partial charge in [-0.15, -0.1) is 0 Å². The molecule has 8 nitrogen and oxygen atoms in total. The number of piperazine rings is 1. The molecule has 34 heavy (non-hydrogen) atoms. The number of hydrogen-bond donors (Lipinski definition) is 0. The lowest BCUT2D eigenvalue weighted by Crippen LogP contribution is -2.51. The monoisotopic (exact) mass is 472 g/mol. The lowest BCUT2D eigenvalue weighted by Gasteiger charge is -2.37. The van der Waals surface area contributed by atoms with Gasteiger partial charge in [-0.3, -0.25) is 24.2 Å². The van der Waals surface area contributed by atoms with Crippen LogP contribution in [0.25, 0.3) is 0 Å². The number of rotatable bonds is 14. The molecule has 1 aromatic heterocycles. The molecule has 3 heterocycles. The van der Waals surface area contributed by atoms with Crippen molar-refractivity contribution in [1.82, 2.24) is 14.8 Å². The number of hydrogen-bond acceptors (Lipinski definition) is 7. The van der Waals surface area contributed by atoms with E-state index in [4.69, 9.17) is 4.74 Å². The SMILES string of the molecule is CCCCCCCCCC(=O)OC(CN1CCN(c2ccccn2)CC1)CN1C(=O)CCC1=O. The smallest absolute Gasteiger partial charge is 0.306 e. The second-order valence-corrected chi connectivity index (χ2v) is 9.36. The van der Waals surface area contributed by atoms with Crippen molar-refractivity contribution in [3.63, 3.8) is 0 Å². The highest BCUT2D eigenvalue weighted by Gasteiger charge is 2.33. The Labute approximate surface area is 203 Å². The molecular formula is C26H40N4O4. The van der Waals surface area contributed by atoms with Gasteiger partial charge in [-0.2, -0.15) is 0 Å². The third-order valence-electron chi connectivity index (χ3n) is 6.63. The Morgan fingerprint density at radius 1 is 0.941 bits per heavy atom. The number of carbonyl (C=O) groups is 3. The molecule has 8 heteroatoms. The fourth-order valence-corrected chi connectivity index (χ4v) is 4.62. The molecule has 0 bridgehead atoms. The van der Waals surface area contributed by atoms with Crippen LogP contribution in [0.1, 0.15) is 71.1 Å². The number of nitrogens with zero attached hydrogens (tertiary/aromatic N) is 4. The summed E-state index contributed by atoms with van der Waals surface area (Å²) >= 11 is 0. The molecule has 1 aromatic rings. The van der Waals surface area contributed by atoms with E-state index in [-0.39, 0.29) is 37.2 Å². The van der Waals surface area contributed by atoms with Crippen molar-refractivity contribution < 1.29 is 19.1 Å². The van der Waals surface area contributed by atoms with Gasteiger partial charge < -0.3 is 9.64 Å². The first kappa shape index (κ1) is 26.1. The van der Waals surface area contributed by atoms with E-state index in [0.29, 0.717) is 13.0 Å². The summed E-state index contributed by atoms with van der Waals surface area (Å²) in [6.45, 7) is 6.16. The lowest BCUT2D eigenvalue weighted by molar-refractivity contribution is -0.155. The molecule has 0 saturated carbocycles. The molecule has 188 valence electrons. The number of aromatic nitrogens is 1. The van der Waals surface area contributed by atoms with E-state index >= 15 is 0 Å². The van der Waals surface area contributed by atoms with Gasteiger partial charge in [0, 0.05) is 58.2 Å². The summed E-state index contributed by atoms with van der Waals surface area (Å²) in [5, 5.41) is 0. The molecule has 1 atom stereocenters. The van der Waals surface area contributed by atoms with Gasteiger partial charge in [0.25, 0.3) is 0 Å². The molecule has 2 fully saturated rings. The number of imide groups is 1.